The molecule has 1 aliphatic rings. The highest BCUT2D eigenvalue weighted by Gasteiger charge is 2.38. The van der Waals surface area contributed by atoms with Gasteiger partial charge < -0.3 is 5.73 Å². The van der Waals surface area contributed by atoms with Crippen LogP contribution in [-0.4, -0.2) is 40.6 Å². The molecule has 156 valence electrons. The lowest BCUT2D eigenvalue weighted by molar-refractivity contribution is -0.144. The fourth-order valence-corrected chi connectivity index (χ4v) is 3.40. The molecule has 4 rings (SSSR count). The van der Waals surface area contributed by atoms with Gasteiger partial charge in [0.15, 0.2) is 0 Å². The highest BCUT2D eigenvalue weighted by molar-refractivity contribution is 5.85. The minimum atomic E-state index is -4.64. The summed E-state index contributed by atoms with van der Waals surface area (Å²) in [4.78, 5) is 12.5. The first-order valence-corrected chi connectivity index (χ1v) is 8.95. The highest BCUT2D eigenvalue weighted by atomic mass is 35.5. The van der Waals surface area contributed by atoms with Gasteiger partial charge in [0.05, 0.1) is 0 Å². The van der Waals surface area contributed by atoms with Crippen molar-refractivity contribution in [3.8, 4) is 17.5 Å². The van der Waals surface area contributed by atoms with E-state index in [9.17, 15) is 13.2 Å². The summed E-state index contributed by atoms with van der Waals surface area (Å²) in [6, 6.07) is 5.45. The first kappa shape index (κ1) is 21.2. The van der Waals surface area contributed by atoms with Crippen LogP contribution >= 0.6 is 12.4 Å². The lowest BCUT2D eigenvalue weighted by Crippen LogP contribution is -2.27. The predicted molar refractivity (Wildman–Crippen MR) is 101 cm³/mol. The van der Waals surface area contributed by atoms with Crippen LogP contribution in [0.1, 0.15) is 43.3 Å². The predicted octanol–water partition coefficient (Wildman–Crippen LogP) is 2.88. The maximum atomic E-state index is 13.1. The molecule has 0 radical (unpaired) electrons. The van der Waals surface area contributed by atoms with E-state index in [2.05, 4.69) is 25.1 Å². The van der Waals surface area contributed by atoms with E-state index < -0.39 is 12.0 Å². The number of rotatable bonds is 3. The number of hydrogen-bond acceptors (Lipinski definition) is 6. The number of halogens is 4. The SMILES string of the molecule is Cl.Cn1nc(C(F)(F)F)nc1-n1nc(-c2ccccn2)nc1C1CCC(N)CC1. The summed E-state index contributed by atoms with van der Waals surface area (Å²) < 4.78 is 41.6. The van der Waals surface area contributed by atoms with E-state index in [4.69, 9.17) is 5.73 Å². The van der Waals surface area contributed by atoms with Gasteiger partial charge in [0.25, 0.3) is 11.8 Å². The Balaban J connectivity index is 0.00000240. The Morgan fingerprint density at radius 2 is 1.79 bits per heavy atom. The van der Waals surface area contributed by atoms with Crippen LogP contribution in [0.25, 0.3) is 17.5 Å². The number of aromatic nitrogens is 7. The maximum Gasteiger partial charge on any atom is 0.453 e. The molecule has 3 aromatic heterocycles. The number of hydrogen-bond donors (Lipinski definition) is 1. The largest absolute Gasteiger partial charge is 0.453 e. The van der Waals surface area contributed by atoms with E-state index in [0.717, 1.165) is 30.4 Å². The second-order valence-electron chi connectivity index (χ2n) is 6.89. The minimum absolute atomic E-state index is 0. The fourth-order valence-electron chi connectivity index (χ4n) is 3.40. The van der Waals surface area contributed by atoms with E-state index in [0.29, 0.717) is 17.3 Å². The van der Waals surface area contributed by atoms with Gasteiger partial charge in [0.1, 0.15) is 11.5 Å². The lowest BCUT2D eigenvalue weighted by atomic mass is 9.86. The number of alkyl halides is 3. The van der Waals surface area contributed by atoms with Crippen molar-refractivity contribution in [2.75, 3.05) is 0 Å². The number of nitrogens with zero attached hydrogens (tertiary/aromatic N) is 7. The quantitative estimate of drug-likeness (QED) is 0.688. The van der Waals surface area contributed by atoms with E-state index in [1.807, 2.05) is 0 Å². The van der Waals surface area contributed by atoms with Crippen molar-refractivity contribution in [1.29, 1.82) is 0 Å². The molecule has 12 heteroatoms. The molecule has 1 fully saturated rings. The van der Waals surface area contributed by atoms with Crippen molar-refractivity contribution in [2.24, 2.45) is 12.8 Å². The molecule has 1 aliphatic carbocycles. The molecule has 0 saturated heterocycles. The normalized spacial score (nSPS) is 19.8. The monoisotopic (exact) mass is 428 g/mol. The summed E-state index contributed by atoms with van der Waals surface area (Å²) in [6.07, 6.45) is 0.181. The van der Waals surface area contributed by atoms with Gasteiger partial charge in [-0.1, -0.05) is 6.07 Å². The molecular formula is C17H20ClF3N8. The number of aryl methyl sites for hydroxylation is 1. The Hall–Kier alpha value is -2.53. The third-order valence-corrected chi connectivity index (χ3v) is 4.85. The minimum Gasteiger partial charge on any atom is -0.328 e. The smallest absolute Gasteiger partial charge is 0.328 e. The second kappa shape index (κ2) is 8.07. The van der Waals surface area contributed by atoms with Crippen LogP contribution in [0.4, 0.5) is 13.2 Å². The van der Waals surface area contributed by atoms with Crippen LogP contribution in [0.3, 0.4) is 0 Å². The van der Waals surface area contributed by atoms with E-state index in [1.165, 1.54) is 11.7 Å². The molecule has 3 heterocycles. The fraction of sp³-hybridized carbons (Fsp3) is 0.471. The van der Waals surface area contributed by atoms with Gasteiger partial charge in [0, 0.05) is 25.2 Å². The zero-order valence-electron chi connectivity index (χ0n) is 15.5. The zero-order valence-corrected chi connectivity index (χ0v) is 16.4. The second-order valence-corrected chi connectivity index (χ2v) is 6.89. The topological polar surface area (TPSA) is 100 Å². The first-order chi connectivity index (χ1) is 13.3. The van der Waals surface area contributed by atoms with Gasteiger partial charge in [0.2, 0.25) is 5.82 Å². The molecule has 1 saturated carbocycles. The molecule has 29 heavy (non-hydrogen) atoms. The van der Waals surface area contributed by atoms with Crippen LogP contribution < -0.4 is 5.73 Å². The number of nitrogens with two attached hydrogens (primary N) is 1. The molecule has 8 nitrogen and oxygen atoms in total. The lowest BCUT2D eigenvalue weighted by Gasteiger charge is -2.25. The average Bonchev–Trinajstić information content (AvgIpc) is 3.27. The third kappa shape index (κ3) is 4.25. The van der Waals surface area contributed by atoms with Gasteiger partial charge in [-0.25, -0.2) is 9.67 Å². The summed E-state index contributed by atoms with van der Waals surface area (Å²) in [7, 11) is 1.40. The molecule has 0 unspecified atom stereocenters. The summed E-state index contributed by atoms with van der Waals surface area (Å²) in [5.41, 5.74) is 6.53. The van der Waals surface area contributed by atoms with E-state index >= 15 is 0 Å². The third-order valence-electron chi connectivity index (χ3n) is 4.85. The van der Waals surface area contributed by atoms with Gasteiger partial charge in [-0.3, -0.25) is 4.98 Å². The highest BCUT2D eigenvalue weighted by Crippen LogP contribution is 2.34. The van der Waals surface area contributed by atoms with Crippen LogP contribution in [0, 0.1) is 0 Å². The van der Waals surface area contributed by atoms with Crippen molar-refractivity contribution >= 4 is 12.4 Å². The summed E-state index contributed by atoms with van der Waals surface area (Å²) in [5, 5.41) is 7.92. The Morgan fingerprint density at radius 1 is 1.07 bits per heavy atom. The zero-order chi connectivity index (χ0) is 19.9. The molecule has 3 aromatic rings. The summed E-state index contributed by atoms with van der Waals surface area (Å²) >= 11 is 0. The molecular weight excluding hydrogens is 409 g/mol. The van der Waals surface area contributed by atoms with Crippen molar-refractivity contribution in [3.05, 3.63) is 36.0 Å². The number of pyridine rings is 1. The summed E-state index contributed by atoms with van der Waals surface area (Å²) in [5.74, 6) is -0.335. The maximum absolute atomic E-state index is 13.1. The van der Waals surface area contributed by atoms with E-state index in [-0.39, 0.29) is 30.3 Å². The standard InChI is InChI=1S/C17H19F3N8.ClH/c1-27-16(24-15(26-27)17(18,19)20)28-14(10-5-7-11(21)8-6-10)23-13(25-28)12-4-2-3-9-22-12;/h2-4,9-11H,5-8,21H2,1H3;1H. The summed E-state index contributed by atoms with van der Waals surface area (Å²) in [6.45, 7) is 0. The van der Waals surface area contributed by atoms with Crippen molar-refractivity contribution in [2.45, 2.75) is 43.8 Å². The molecule has 2 N–H and O–H groups in total. The van der Waals surface area contributed by atoms with Gasteiger partial charge >= 0.3 is 6.18 Å². The molecule has 0 aliphatic heterocycles. The Kier molecular flexibility index (Phi) is 5.90. The van der Waals surface area contributed by atoms with Crippen molar-refractivity contribution < 1.29 is 13.2 Å². The Labute approximate surface area is 170 Å². The van der Waals surface area contributed by atoms with Gasteiger partial charge in [-0.05, 0) is 37.8 Å². The molecule has 0 amide bonds. The Bertz CT molecular complexity index is 961. The molecule has 0 bridgehead atoms. The van der Waals surface area contributed by atoms with Crippen LogP contribution in [0.5, 0.6) is 0 Å². The van der Waals surface area contributed by atoms with Gasteiger partial charge in [-0.2, -0.15) is 22.8 Å². The molecule has 0 aromatic carbocycles. The van der Waals surface area contributed by atoms with Crippen LogP contribution in [0.15, 0.2) is 24.4 Å². The Morgan fingerprint density at radius 3 is 2.38 bits per heavy atom. The van der Waals surface area contributed by atoms with Gasteiger partial charge in [-0.15, -0.1) is 22.6 Å². The molecule has 0 atom stereocenters. The first-order valence-electron chi connectivity index (χ1n) is 8.95. The van der Waals surface area contributed by atoms with Crippen LogP contribution in [-0.2, 0) is 13.2 Å². The molecule has 0 spiro atoms. The van der Waals surface area contributed by atoms with Crippen molar-refractivity contribution in [1.82, 2.24) is 34.5 Å². The van der Waals surface area contributed by atoms with E-state index in [1.54, 1.807) is 24.4 Å². The average molecular weight is 429 g/mol. The van der Waals surface area contributed by atoms with Crippen molar-refractivity contribution in [3.63, 3.8) is 0 Å². The van der Waals surface area contributed by atoms with Crippen LogP contribution in [0.2, 0.25) is 0 Å².